The first-order valence-electron chi connectivity index (χ1n) is 6.27. The standard InChI is InChI=1S/C11H23N5O/c1-3-12-11(13-4-2)15-6-8-16-7-5-14-10(17)9-16/h3-9H2,1-2H3,(H,14,17)(H2,12,13,15). The Morgan fingerprint density at radius 3 is 2.71 bits per heavy atom. The Kier molecular flexibility index (Phi) is 6.39. The predicted octanol–water partition coefficient (Wildman–Crippen LogP) is -1.01. The maximum Gasteiger partial charge on any atom is 0.234 e. The topological polar surface area (TPSA) is 68.8 Å². The lowest BCUT2D eigenvalue weighted by Crippen LogP contribution is -2.48. The van der Waals surface area contributed by atoms with E-state index in [-0.39, 0.29) is 5.91 Å². The van der Waals surface area contributed by atoms with Crippen LogP contribution in [0.5, 0.6) is 0 Å². The number of guanidine groups is 1. The fraction of sp³-hybridized carbons (Fsp3) is 0.818. The summed E-state index contributed by atoms with van der Waals surface area (Å²) in [6, 6.07) is 0. The van der Waals surface area contributed by atoms with E-state index in [0.29, 0.717) is 13.1 Å². The summed E-state index contributed by atoms with van der Waals surface area (Å²) >= 11 is 0. The van der Waals surface area contributed by atoms with Crippen LogP contribution in [0, 0.1) is 0 Å². The van der Waals surface area contributed by atoms with Crippen LogP contribution in [0.2, 0.25) is 0 Å². The molecule has 1 saturated heterocycles. The normalized spacial score (nSPS) is 16.2. The lowest BCUT2D eigenvalue weighted by molar-refractivity contribution is -0.124. The zero-order valence-corrected chi connectivity index (χ0v) is 10.8. The third-order valence-corrected chi connectivity index (χ3v) is 2.49. The van der Waals surface area contributed by atoms with Gasteiger partial charge in [-0.15, -0.1) is 0 Å². The third-order valence-electron chi connectivity index (χ3n) is 2.49. The van der Waals surface area contributed by atoms with Crippen LogP contribution in [0.15, 0.2) is 4.99 Å². The van der Waals surface area contributed by atoms with E-state index in [1.807, 2.05) is 13.8 Å². The lowest BCUT2D eigenvalue weighted by atomic mass is 10.3. The maximum absolute atomic E-state index is 11.2. The number of carbonyl (C=O) groups is 1. The molecule has 1 aliphatic rings. The van der Waals surface area contributed by atoms with Crippen molar-refractivity contribution in [2.75, 3.05) is 45.8 Å². The van der Waals surface area contributed by atoms with Crippen molar-refractivity contribution in [3.8, 4) is 0 Å². The summed E-state index contributed by atoms with van der Waals surface area (Å²) in [6.45, 7) is 9.50. The number of hydrogen-bond acceptors (Lipinski definition) is 3. The molecule has 1 heterocycles. The maximum atomic E-state index is 11.2. The van der Waals surface area contributed by atoms with Gasteiger partial charge in [0, 0.05) is 32.7 Å². The molecule has 0 radical (unpaired) electrons. The highest BCUT2D eigenvalue weighted by atomic mass is 16.2. The van der Waals surface area contributed by atoms with Gasteiger partial charge in [0.15, 0.2) is 5.96 Å². The van der Waals surface area contributed by atoms with Gasteiger partial charge in [-0.3, -0.25) is 14.7 Å². The van der Waals surface area contributed by atoms with E-state index in [2.05, 4.69) is 25.8 Å². The van der Waals surface area contributed by atoms with Crippen molar-refractivity contribution < 1.29 is 4.79 Å². The Labute approximate surface area is 103 Å². The average molecular weight is 241 g/mol. The van der Waals surface area contributed by atoms with Crippen LogP contribution in [0.1, 0.15) is 13.8 Å². The minimum absolute atomic E-state index is 0.110. The van der Waals surface area contributed by atoms with Crippen LogP contribution in [0.4, 0.5) is 0 Å². The highest BCUT2D eigenvalue weighted by Crippen LogP contribution is 1.92. The van der Waals surface area contributed by atoms with Gasteiger partial charge in [-0.1, -0.05) is 0 Å². The molecule has 0 aromatic rings. The van der Waals surface area contributed by atoms with Crippen LogP contribution >= 0.6 is 0 Å². The summed E-state index contributed by atoms with van der Waals surface area (Å²) in [5, 5.41) is 9.15. The molecule has 6 heteroatoms. The Hall–Kier alpha value is -1.30. The Morgan fingerprint density at radius 1 is 1.41 bits per heavy atom. The molecular weight excluding hydrogens is 218 g/mol. The average Bonchev–Trinajstić information content (AvgIpc) is 2.30. The smallest absolute Gasteiger partial charge is 0.234 e. The number of nitrogens with zero attached hydrogens (tertiary/aromatic N) is 2. The van der Waals surface area contributed by atoms with Crippen LogP contribution in [0.3, 0.4) is 0 Å². The third kappa shape index (κ3) is 5.53. The molecule has 0 atom stereocenters. The first kappa shape index (κ1) is 13.8. The highest BCUT2D eigenvalue weighted by Gasteiger charge is 2.14. The molecule has 6 nitrogen and oxygen atoms in total. The number of aliphatic imine (C=N–C) groups is 1. The molecule has 17 heavy (non-hydrogen) atoms. The summed E-state index contributed by atoms with van der Waals surface area (Å²) in [4.78, 5) is 17.7. The monoisotopic (exact) mass is 241 g/mol. The Balaban J connectivity index is 2.27. The van der Waals surface area contributed by atoms with Crippen molar-refractivity contribution in [2.45, 2.75) is 13.8 Å². The second-order valence-electron chi connectivity index (χ2n) is 3.92. The minimum Gasteiger partial charge on any atom is -0.357 e. The summed E-state index contributed by atoms with van der Waals surface area (Å²) in [5.74, 6) is 0.954. The van der Waals surface area contributed by atoms with Gasteiger partial charge in [-0.05, 0) is 13.8 Å². The second-order valence-corrected chi connectivity index (χ2v) is 3.92. The molecule has 0 aliphatic carbocycles. The van der Waals surface area contributed by atoms with E-state index < -0.39 is 0 Å². The molecule has 1 fully saturated rings. The number of carbonyl (C=O) groups excluding carboxylic acids is 1. The van der Waals surface area contributed by atoms with Crippen molar-refractivity contribution in [1.82, 2.24) is 20.9 Å². The summed E-state index contributed by atoms with van der Waals surface area (Å²) < 4.78 is 0. The van der Waals surface area contributed by atoms with E-state index in [0.717, 1.165) is 38.7 Å². The van der Waals surface area contributed by atoms with Crippen LogP contribution < -0.4 is 16.0 Å². The SMILES string of the molecule is CCNC(=NCCN1CCNC(=O)C1)NCC. The van der Waals surface area contributed by atoms with Crippen molar-refractivity contribution >= 4 is 11.9 Å². The van der Waals surface area contributed by atoms with Gasteiger partial charge in [-0.2, -0.15) is 0 Å². The summed E-state index contributed by atoms with van der Waals surface area (Å²) in [7, 11) is 0. The van der Waals surface area contributed by atoms with E-state index >= 15 is 0 Å². The number of hydrogen-bond donors (Lipinski definition) is 3. The van der Waals surface area contributed by atoms with Crippen molar-refractivity contribution in [3.63, 3.8) is 0 Å². The first-order chi connectivity index (χ1) is 8.26. The summed E-state index contributed by atoms with van der Waals surface area (Å²) in [5.41, 5.74) is 0. The molecule has 0 saturated carbocycles. The summed E-state index contributed by atoms with van der Waals surface area (Å²) in [6.07, 6.45) is 0. The van der Waals surface area contributed by atoms with Gasteiger partial charge in [-0.25, -0.2) is 0 Å². The minimum atomic E-state index is 0.110. The van der Waals surface area contributed by atoms with E-state index in [1.54, 1.807) is 0 Å². The van der Waals surface area contributed by atoms with Crippen LogP contribution in [0.25, 0.3) is 0 Å². The molecule has 1 amide bonds. The van der Waals surface area contributed by atoms with Gasteiger partial charge < -0.3 is 16.0 Å². The Bertz CT molecular complexity index is 259. The van der Waals surface area contributed by atoms with Gasteiger partial charge in [0.2, 0.25) is 5.91 Å². The van der Waals surface area contributed by atoms with E-state index in [1.165, 1.54) is 0 Å². The zero-order chi connectivity index (χ0) is 12.5. The number of rotatable bonds is 5. The van der Waals surface area contributed by atoms with Crippen molar-refractivity contribution in [2.24, 2.45) is 4.99 Å². The Morgan fingerprint density at radius 2 is 2.12 bits per heavy atom. The highest BCUT2D eigenvalue weighted by molar-refractivity contribution is 5.79. The zero-order valence-electron chi connectivity index (χ0n) is 10.8. The first-order valence-corrected chi connectivity index (χ1v) is 6.27. The van der Waals surface area contributed by atoms with Crippen molar-refractivity contribution in [3.05, 3.63) is 0 Å². The van der Waals surface area contributed by atoms with Crippen molar-refractivity contribution in [1.29, 1.82) is 0 Å². The lowest BCUT2D eigenvalue weighted by Gasteiger charge is -2.25. The fourth-order valence-electron chi connectivity index (χ4n) is 1.69. The largest absolute Gasteiger partial charge is 0.357 e. The van der Waals surface area contributed by atoms with Gasteiger partial charge in [0.25, 0.3) is 0 Å². The van der Waals surface area contributed by atoms with E-state index in [9.17, 15) is 4.79 Å². The molecule has 0 unspecified atom stereocenters. The molecular formula is C11H23N5O. The van der Waals surface area contributed by atoms with Gasteiger partial charge in [0.05, 0.1) is 13.1 Å². The molecule has 0 spiro atoms. The van der Waals surface area contributed by atoms with Gasteiger partial charge >= 0.3 is 0 Å². The molecule has 98 valence electrons. The predicted molar refractivity (Wildman–Crippen MR) is 69.1 cm³/mol. The number of amides is 1. The molecule has 1 aliphatic heterocycles. The molecule has 3 N–H and O–H groups in total. The fourth-order valence-corrected chi connectivity index (χ4v) is 1.69. The van der Waals surface area contributed by atoms with Crippen LogP contribution in [-0.2, 0) is 4.79 Å². The van der Waals surface area contributed by atoms with Gasteiger partial charge in [0.1, 0.15) is 0 Å². The second kappa shape index (κ2) is 7.89. The van der Waals surface area contributed by atoms with Crippen LogP contribution in [-0.4, -0.2) is 62.6 Å². The molecule has 0 aromatic heterocycles. The quantitative estimate of drug-likeness (QED) is 0.426. The number of piperazine rings is 1. The number of nitrogens with one attached hydrogen (secondary N) is 3. The molecule has 0 aromatic carbocycles. The van der Waals surface area contributed by atoms with E-state index in [4.69, 9.17) is 0 Å². The molecule has 1 rings (SSSR count). The molecule has 0 bridgehead atoms.